The highest BCUT2D eigenvalue weighted by Gasteiger charge is 2.55. The molecule has 4 heteroatoms. The summed E-state index contributed by atoms with van der Waals surface area (Å²) in [5, 5.41) is 3.31. The molecule has 0 aliphatic heterocycles. The van der Waals surface area contributed by atoms with Crippen LogP contribution >= 0.6 is 0 Å². The van der Waals surface area contributed by atoms with Crippen LogP contribution in [-0.4, -0.2) is 49.7 Å². The first kappa shape index (κ1) is 14.8. The van der Waals surface area contributed by atoms with E-state index < -0.39 is 0 Å². The molecule has 0 unspecified atom stereocenters. The van der Waals surface area contributed by atoms with Gasteiger partial charge in [0.1, 0.15) is 0 Å². The Morgan fingerprint density at radius 3 is 2.47 bits per heavy atom. The molecule has 19 heavy (non-hydrogen) atoms. The minimum Gasteiger partial charge on any atom is -0.381 e. The summed E-state index contributed by atoms with van der Waals surface area (Å²) in [5.41, 5.74) is 0.152. The fourth-order valence-electron chi connectivity index (χ4n) is 3.60. The molecule has 0 bridgehead atoms. The minimum absolute atomic E-state index is 0.152. The second-order valence-electron chi connectivity index (χ2n) is 6.08. The van der Waals surface area contributed by atoms with Crippen LogP contribution in [0.3, 0.4) is 0 Å². The van der Waals surface area contributed by atoms with Gasteiger partial charge in [0.25, 0.3) is 0 Å². The third-order valence-electron chi connectivity index (χ3n) is 5.32. The highest BCUT2D eigenvalue weighted by Crippen LogP contribution is 2.50. The van der Waals surface area contributed by atoms with Gasteiger partial charge in [0.05, 0.1) is 12.6 Å². The van der Waals surface area contributed by atoms with Crippen molar-refractivity contribution in [2.75, 3.05) is 20.7 Å². The predicted molar refractivity (Wildman–Crippen MR) is 76.0 cm³/mol. The standard InChI is InChI=1S/C15H28N2O2/c1-5-15(6-2)12(9-13(15)19-4)17(3)14(18)10-16-11-7-8-11/h11-13,16H,5-10H2,1-4H3/t12-,13-/m1/s1. The van der Waals surface area contributed by atoms with Gasteiger partial charge in [-0.25, -0.2) is 0 Å². The van der Waals surface area contributed by atoms with Crippen LogP contribution in [0.15, 0.2) is 0 Å². The molecule has 2 fully saturated rings. The van der Waals surface area contributed by atoms with E-state index in [9.17, 15) is 4.79 Å². The van der Waals surface area contributed by atoms with Gasteiger partial charge in [0.15, 0.2) is 0 Å². The average Bonchev–Trinajstić information content (AvgIpc) is 3.21. The number of ether oxygens (including phenoxy) is 1. The fourth-order valence-corrected chi connectivity index (χ4v) is 3.60. The zero-order chi connectivity index (χ0) is 14.0. The molecule has 2 aliphatic carbocycles. The van der Waals surface area contributed by atoms with E-state index >= 15 is 0 Å². The van der Waals surface area contributed by atoms with E-state index in [1.807, 2.05) is 11.9 Å². The number of methoxy groups -OCH3 is 1. The monoisotopic (exact) mass is 268 g/mol. The topological polar surface area (TPSA) is 41.6 Å². The fraction of sp³-hybridized carbons (Fsp3) is 0.933. The van der Waals surface area contributed by atoms with E-state index in [1.54, 1.807) is 7.11 Å². The molecule has 0 heterocycles. The number of nitrogens with zero attached hydrogens (tertiary/aromatic N) is 1. The molecule has 0 radical (unpaired) electrons. The van der Waals surface area contributed by atoms with Gasteiger partial charge in [-0.1, -0.05) is 13.8 Å². The molecule has 0 aromatic carbocycles. The number of hydrogen-bond donors (Lipinski definition) is 1. The first-order valence-corrected chi connectivity index (χ1v) is 7.60. The van der Waals surface area contributed by atoms with E-state index in [2.05, 4.69) is 19.2 Å². The smallest absolute Gasteiger partial charge is 0.236 e. The van der Waals surface area contributed by atoms with Gasteiger partial charge >= 0.3 is 0 Å². The van der Waals surface area contributed by atoms with E-state index in [4.69, 9.17) is 4.74 Å². The SMILES string of the molecule is CCC1(CC)[C@H](OC)C[C@H]1N(C)C(=O)CNC1CC1. The Bertz CT molecular complexity index is 324. The number of carbonyl (C=O) groups is 1. The van der Waals surface area contributed by atoms with E-state index in [1.165, 1.54) is 12.8 Å². The quantitative estimate of drug-likeness (QED) is 0.765. The van der Waals surface area contributed by atoms with Crippen LogP contribution in [0, 0.1) is 5.41 Å². The Morgan fingerprint density at radius 1 is 1.37 bits per heavy atom. The van der Waals surface area contributed by atoms with Crippen LogP contribution < -0.4 is 5.32 Å². The molecule has 2 rings (SSSR count). The summed E-state index contributed by atoms with van der Waals surface area (Å²) in [4.78, 5) is 14.2. The van der Waals surface area contributed by atoms with Crippen LogP contribution in [-0.2, 0) is 9.53 Å². The van der Waals surface area contributed by atoms with Crippen LogP contribution in [0.1, 0.15) is 46.0 Å². The third-order valence-corrected chi connectivity index (χ3v) is 5.32. The lowest BCUT2D eigenvalue weighted by molar-refractivity contribution is -0.169. The summed E-state index contributed by atoms with van der Waals surface area (Å²) < 4.78 is 5.60. The highest BCUT2D eigenvalue weighted by molar-refractivity contribution is 5.78. The van der Waals surface area contributed by atoms with E-state index in [0.717, 1.165) is 19.3 Å². The molecular weight excluding hydrogens is 240 g/mol. The Morgan fingerprint density at radius 2 is 2.00 bits per heavy atom. The maximum absolute atomic E-state index is 12.2. The number of amides is 1. The van der Waals surface area contributed by atoms with Gasteiger partial charge in [-0.3, -0.25) is 4.79 Å². The second-order valence-corrected chi connectivity index (χ2v) is 6.08. The van der Waals surface area contributed by atoms with Crippen molar-refractivity contribution < 1.29 is 9.53 Å². The molecule has 0 saturated heterocycles. The number of carbonyl (C=O) groups excluding carboxylic acids is 1. The molecule has 2 aliphatic rings. The van der Waals surface area contributed by atoms with Gasteiger partial charge in [-0.2, -0.15) is 0 Å². The summed E-state index contributed by atoms with van der Waals surface area (Å²) in [6.45, 7) is 4.91. The molecule has 0 aromatic heterocycles. The normalized spacial score (nSPS) is 28.8. The molecule has 4 nitrogen and oxygen atoms in total. The van der Waals surface area contributed by atoms with Crippen molar-refractivity contribution in [2.24, 2.45) is 5.41 Å². The molecular formula is C15H28N2O2. The summed E-state index contributed by atoms with van der Waals surface area (Å²) in [6, 6.07) is 0.925. The first-order chi connectivity index (χ1) is 9.08. The van der Waals surface area contributed by atoms with Gasteiger partial charge in [-0.05, 0) is 32.1 Å². The van der Waals surface area contributed by atoms with Gasteiger partial charge in [-0.15, -0.1) is 0 Å². The lowest BCUT2D eigenvalue weighted by Crippen LogP contribution is -2.65. The number of likely N-dealkylation sites (N-methyl/N-ethyl adjacent to an activating group) is 1. The maximum atomic E-state index is 12.2. The van der Waals surface area contributed by atoms with Crippen molar-refractivity contribution in [2.45, 2.75) is 64.1 Å². The van der Waals surface area contributed by atoms with Crippen LogP contribution in [0.4, 0.5) is 0 Å². The average molecular weight is 268 g/mol. The Hall–Kier alpha value is -0.610. The van der Waals surface area contributed by atoms with Crippen molar-refractivity contribution in [3.63, 3.8) is 0 Å². The lowest BCUT2D eigenvalue weighted by atomic mass is 9.58. The Balaban J connectivity index is 1.93. The molecule has 1 N–H and O–H groups in total. The second kappa shape index (κ2) is 5.80. The zero-order valence-corrected chi connectivity index (χ0v) is 12.7. The summed E-state index contributed by atoms with van der Waals surface area (Å²) >= 11 is 0. The largest absolute Gasteiger partial charge is 0.381 e. The van der Waals surface area contributed by atoms with Crippen LogP contribution in [0.5, 0.6) is 0 Å². The van der Waals surface area contributed by atoms with Gasteiger partial charge in [0.2, 0.25) is 5.91 Å². The van der Waals surface area contributed by atoms with Crippen molar-refractivity contribution in [1.82, 2.24) is 10.2 Å². The Kier molecular flexibility index (Phi) is 4.51. The molecule has 2 atom stereocenters. The van der Waals surface area contributed by atoms with Crippen molar-refractivity contribution in [1.29, 1.82) is 0 Å². The van der Waals surface area contributed by atoms with E-state index in [-0.39, 0.29) is 11.3 Å². The molecule has 0 spiro atoms. The number of nitrogens with one attached hydrogen (secondary N) is 1. The number of hydrogen-bond acceptors (Lipinski definition) is 3. The Labute approximate surface area is 116 Å². The molecule has 110 valence electrons. The first-order valence-electron chi connectivity index (χ1n) is 7.60. The van der Waals surface area contributed by atoms with Crippen molar-refractivity contribution >= 4 is 5.91 Å². The van der Waals surface area contributed by atoms with Crippen molar-refractivity contribution in [3.8, 4) is 0 Å². The molecule has 0 aromatic rings. The predicted octanol–water partition coefficient (Wildman–Crippen LogP) is 1.79. The van der Waals surface area contributed by atoms with Crippen LogP contribution in [0.25, 0.3) is 0 Å². The number of rotatable bonds is 7. The van der Waals surface area contributed by atoms with Crippen molar-refractivity contribution in [3.05, 3.63) is 0 Å². The van der Waals surface area contributed by atoms with Gasteiger partial charge < -0.3 is 15.0 Å². The highest BCUT2D eigenvalue weighted by atomic mass is 16.5. The van der Waals surface area contributed by atoms with E-state index in [0.29, 0.717) is 24.7 Å². The van der Waals surface area contributed by atoms with Gasteiger partial charge in [0, 0.05) is 31.7 Å². The summed E-state index contributed by atoms with van der Waals surface area (Å²) in [5.74, 6) is 0.220. The van der Waals surface area contributed by atoms with Crippen LogP contribution in [0.2, 0.25) is 0 Å². The molecule has 1 amide bonds. The summed E-state index contributed by atoms with van der Waals surface area (Å²) in [6.07, 6.45) is 5.86. The maximum Gasteiger partial charge on any atom is 0.236 e. The lowest BCUT2D eigenvalue weighted by Gasteiger charge is -2.57. The minimum atomic E-state index is 0.152. The third kappa shape index (κ3) is 2.65. The zero-order valence-electron chi connectivity index (χ0n) is 12.7. The summed E-state index contributed by atoms with van der Waals surface area (Å²) in [7, 11) is 3.74. The molecule has 2 saturated carbocycles.